The number of aliphatic hydroxyl groups excluding tert-OH is 1. The zero-order chi connectivity index (χ0) is 28.4. The van der Waals surface area contributed by atoms with Gasteiger partial charge in [0.05, 0.1) is 44.1 Å². The minimum atomic E-state index is -1.20. The van der Waals surface area contributed by atoms with Crippen molar-refractivity contribution in [3.05, 3.63) is 35.9 Å². The number of hydrogen-bond donors (Lipinski definition) is 1. The van der Waals surface area contributed by atoms with E-state index >= 15 is 0 Å². The molecular weight excluding hydrogens is 511 g/mol. The Morgan fingerprint density at radius 3 is 2.58 bits per heavy atom. The van der Waals surface area contributed by atoms with Crippen LogP contribution in [0.5, 0.6) is 5.75 Å². The van der Waals surface area contributed by atoms with Gasteiger partial charge in [0.25, 0.3) is 0 Å². The molecule has 2 aliphatic heterocycles. The highest BCUT2D eigenvalue weighted by atomic mass is 19.1. The normalized spacial score (nSPS) is 19.3. The van der Waals surface area contributed by atoms with Crippen molar-refractivity contribution in [1.82, 2.24) is 19.9 Å². The number of morpholine rings is 1. The van der Waals surface area contributed by atoms with Crippen LogP contribution in [-0.4, -0.2) is 96.3 Å². The average molecular weight is 553 g/mol. The van der Waals surface area contributed by atoms with E-state index in [0.717, 1.165) is 54.9 Å². The predicted octanol–water partition coefficient (Wildman–Crippen LogP) is 4.07. The summed E-state index contributed by atoms with van der Waals surface area (Å²) in [4.78, 5) is 21.7. The number of piperidine rings is 1. The second-order valence-electron chi connectivity index (χ2n) is 11.6. The Balaban J connectivity index is 1.50. The van der Waals surface area contributed by atoms with Crippen molar-refractivity contribution in [2.75, 3.05) is 63.4 Å². The topological polar surface area (TPSA) is 87.1 Å². The fourth-order valence-electron chi connectivity index (χ4n) is 5.78. The Morgan fingerprint density at radius 2 is 1.90 bits per heavy atom. The van der Waals surface area contributed by atoms with Gasteiger partial charge < -0.3 is 29.3 Å². The fraction of sp³-hybridized carbons (Fsp3) is 0.567. The molecule has 2 aliphatic rings. The zero-order valence-corrected chi connectivity index (χ0v) is 24.2. The molecule has 2 saturated heterocycles. The highest BCUT2D eigenvalue weighted by Crippen LogP contribution is 2.33. The van der Waals surface area contributed by atoms with Crippen LogP contribution in [0.15, 0.2) is 30.3 Å². The Bertz CT molecular complexity index is 1320. The number of alkyl halides is 1. The van der Waals surface area contributed by atoms with Gasteiger partial charge in [-0.2, -0.15) is 9.97 Å². The van der Waals surface area contributed by atoms with E-state index in [1.807, 2.05) is 37.4 Å². The zero-order valence-electron chi connectivity index (χ0n) is 24.2. The number of anilines is 2. The Kier molecular flexibility index (Phi) is 8.39. The molecule has 1 aromatic carbocycles. The highest BCUT2D eigenvalue weighted by molar-refractivity contribution is 5.90. The molecule has 2 aromatic heterocycles. The number of pyridine rings is 1. The number of ether oxygens (including phenoxy) is 2. The molecule has 0 radical (unpaired) electrons. The minimum Gasteiger partial charge on any atom is -0.496 e. The van der Waals surface area contributed by atoms with Crippen molar-refractivity contribution in [3.8, 4) is 17.0 Å². The number of aromatic nitrogens is 3. The number of aliphatic hydroxyl groups is 1. The number of benzene rings is 1. The lowest BCUT2D eigenvalue weighted by atomic mass is 10.0. The maximum atomic E-state index is 14.2. The van der Waals surface area contributed by atoms with E-state index in [9.17, 15) is 9.50 Å². The highest BCUT2D eigenvalue weighted by Gasteiger charge is 2.30. The van der Waals surface area contributed by atoms with Gasteiger partial charge in [0, 0.05) is 50.4 Å². The number of rotatable bonds is 8. The monoisotopic (exact) mass is 552 g/mol. The van der Waals surface area contributed by atoms with Crippen LogP contribution >= 0.6 is 0 Å². The quantitative estimate of drug-likeness (QED) is 0.444. The predicted molar refractivity (Wildman–Crippen MR) is 156 cm³/mol. The number of hydrogen-bond acceptors (Lipinski definition) is 9. The molecule has 10 heteroatoms. The van der Waals surface area contributed by atoms with Crippen LogP contribution in [0.4, 0.5) is 16.2 Å². The first-order valence-electron chi connectivity index (χ1n) is 14.1. The molecule has 2 fully saturated rings. The summed E-state index contributed by atoms with van der Waals surface area (Å²) in [5.41, 5.74) is 1.77. The molecule has 0 bridgehead atoms. The lowest BCUT2D eigenvalue weighted by Gasteiger charge is -2.39. The third kappa shape index (κ3) is 6.14. The summed E-state index contributed by atoms with van der Waals surface area (Å²) in [5, 5.41) is 10.7. The molecule has 0 unspecified atom stereocenters. The summed E-state index contributed by atoms with van der Waals surface area (Å²) in [6.45, 7) is 9.47. The van der Waals surface area contributed by atoms with E-state index < -0.39 is 5.67 Å². The number of methoxy groups -OCH3 is 1. The Morgan fingerprint density at radius 1 is 1.12 bits per heavy atom. The Labute approximate surface area is 235 Å². The molecule has 0 spiro atoms. The average Bonchev–Trinajstić information content (AvgIpc) is 2.95. The van der Waals surface area contributed by atoms with E-state index in [-0.39, 0.29) is 18.7 Å². The van der Waals surface area contributed by atoms with Gasteiger partial charge in [-0.25, -0.2) is 9.37 Å². The number of likely N-dealkylation sites (tertiary alicyclic amines) is 1. The molecular formula is C30H41FN6O3. The first kappa shape index (κ1) is 28.4. The second kappa shape index (κ2) is 11.8. The van der Waals surface area contributed by atoms with E-state index in [0.29, 0.717) is 42.7 Å². The SMILES string of the molecule is COc1ccc(-c2ccc3c(N4CCOC[C@@H]4C)nc(N(C)C4CCN(CC(C)(C)F)CC4)nc3n2)cc1CO. The summed E-state index contributed by atoms with van der Waals surface area (Å²) < 4.78 is 25.3. The van der Waals surface area contributed by atoms with Crippen molar-refractivity contribution in [2.45, 2.75) is 58.0 Å². The minimum absolute atomic E-state index is 0.123. The molecule has 5 rings (SSSR count). The first-order chi connectivity index (χ1) is 19.2. The molecule has 3 aromatic rings. The molecule has 40 heavy (non-hydrogen) atoms. The standard InChI is InChI=1S/C30H41FN6O3/c1-20-18-40-15-14-37(20)28-24-7-8-25(21-6-9-26(39-5)22(16-21)17-38)32-27(24)33-29(34-28)35(4)23-10-12-36(13-11-23)19-30(2,3)31/h6-9,16,20,23,38H,10-15,17-19H2,1-5H3/t20-/m0/s1. The molecule has 0 aliphatic carbocycles. The number of fused-ring (bicyclic) bond motifs is 1. The molecule has 0 saturated carbocycles. The summed E-state index contributed by atoms with van der Waals surface area (Å²) in [6, 6.07) is 10.1. The van der Waals surface area contributed by atoms with Crippen LogP contribution in [0, 0.1) is 0 Å². The number of halogens is 1. The van der Waals surface area contributed by atoms with Crippen molar-refractivity contribution in [1.29, 1.82) is 0 Å². The van der Waals surface area contributed by atoms with Gasteiger partial charge in [0.1, 0.15) is 17.2 Å². The van der Waals surface area contributed by atoms with Gasteiger partial charge >= 0.3 is 0 Å². The van der Waals surface area contributed by atoms with Crippen LogP contribution in [0.3, 0.4) is 0 Å². The molecule has 1 N–H and O–H groups in total. The molecule has 1 atom stereocenters. The summed E-state index contributed by atoms with van der Waals surface area (Å²) in [7, 11) is 3.64. The van der Waals surface area contributed by atoms with Crippen molar-refractivity contribution >= 4 is 22.8 Å². The van der Waals surface area contributed by atoms with E-state index in [2.05, 4.69) is 21.6 Å². The van der Waals surface area contributed by atoms with Gasteiger partial charge in [-0.05, 0) is 63.9 Å². The summed E-state index contributed by atoms with van der Waals surface area (Å²) in [5.74, 6) is 2.15. The molecule has 0 amide bonds. The smallest absolute Gasteiger partial charge is 0.229 e. The molecule has 4 heterocycles. The fourth-order valence-corrected chi connectivity index (χ4v) is 5.78. The van der Waals surface area contributed by atoms with E-state index in [1.54, 1.807) is 21.0 Å². The summed E-state index contributed by atoms with van der Waals surface area (Å²) >= 11 is 0. The van der Waals surface area contributed by atoms with Crippen LogP contribution in [0.25, 0.3) is 22.3 Å². The van der Waals surface area contributed by atoms with Crippen molar-refractivity contribution in [2.24, 2.45) is 0 Å². The Hall–Kier alpha value is -3.08. The third-order valence-electron chi connectivity index (χ3n) is 7.93. The van der Waals surface area contributed by atoms with Gasteiger partial charge in [-0.3, -0.25) is 0 Å². The van der Waals surface area contributed by atoms with Crippen LogP contribution in [-0.2, 0) is 11.3 Å². The number of nitrogens with zero attached hydrogens (tertiary/aromatic N) is 6. The molecule has 9 nitrogen and oxygen atoms in total. The van der Waals surface area contributed by atoms with Gasteiger partial charge in [-0.1, -0.05) is 0 Å². The van der Waals surface area contributed by atoms with Gasteiger partial charge in [0.15, 0.2) is 5.65 Å². The first-order valence-corrected chi connectivity index (χ1v) is 14.1. The molecule has 216 valence electrons. The van der Waals surface area contributed by atoms with Crippen molar-refractivity contribution in [3.63, 3.8) is 0 Å². The van der Waals surface area contributed by atoms with E-state index in [4.69, 9.17) is 24.4 Å². The largest absolute Gasteiger partial charge is 0.496 e. The third-order valence-corrected chi connectivity index (χ3v) is 7.93. The van der Waals surface area contributed by atoms with Crippen LogP contribution < -0.4 is 14.5 Å². The second-order valence-corrected chi connectivity index (χ2v) is 11.6. The lowest BCUT2D eigenvalue weighted by Crippen LogP contribution is -2.47. The van der Waals surface area contributed by atoms with E-state index in [1.165, 1.54) is 0 Å². The van der Waals surface area contributed by atoms with Gasteiger partial charge in [-0.15, -0.1) is 0 Å². The maximum absolute atomic E-state index is 14.2. The van der Waals surface area contributed by atoms with Crippen molar-refractivity contribution < 1.29 is 19.0 Å². The van der Waals surface area contributed by atoms with Crippen LogP contribution in [0.1, 0.15) is 39.2 Å². The summed E-state index contributed by atoms with van der Waals surface area (Å²) in [6.07, 6.45) is 1.83. The van der Waals surface area contributed by atoms with Gasteiger partial charge in [0.2, 0.25) is 5.95 Å². The maximum Gasteiger partial charge on any atom is 0.229 e. The van der Waals surface area contributed by atoms with Crippen LogP contribution in [0.2, 0.25) is 0 Å². The lowest BCUT2D eigenvalue weighted by molar-refractivity contribution is 0.0986.